The molecule has 238 valence electrons. The van der Waals surface area contributed by atoms with Gasteiger partial charge in [0.05, 0.1) is 27.8 Å². The summed E-state index contributed by atoms with van der Waals surface area (Å²) in [7, 11) is 0. The van der Waals surface area contributed by atoms with E-state index in [2.05, 4.69) is 15.0 Å². The molecular weight excluding hydrogens is 612 g/mol. The van der Waals surface area contributed by atoms with E-state index in [0.717, 1.165) is 0 Å². The van der Waals surface area contributed by atoms with Crippen LogP contribution in [-0.2, 0) is 11.4 Å². The number of rotatable bonds is 7. The van der Waals surface area contributed by atoms with E-state index in [1.165, 1.54) is 35.0 Å². The van der Waals surface area contributed by atoms with E-state index in [1.807, 2.05) is 27.7 Å². The van der Waals surface area contributed by atoms with Crippen LogP contribution >= 0.6 is 0 Å². The van der Waals surface area contributed by atoms with E-state index in [-0.39, 0.29) is 52.0 Å². The third-order valence-electron chi connectivity index (χ3n) is 5.87. The predicted octanol–water partition coefficient (Wildman–Crippen LogP) is 4.23. The number of carbonyl (C=O) groups excluding carboxylic acids is 1. The highest BCUT2D eigenvalue weighted by Gasteiger charge is 2.24. The number of primary amides is 1. The largest absolute Gasteiger partial charge is 0.750 e. The lowest BCUT2D eigenvalue weighted by Crippen LogP contribution is -2.15. The summed E-state index contributed by atoms with van der Waals surface area (Å²) < 4.78 is 27.1. The number of aromatic nitrogens is 4. The zero-order chi connectivity index (χ0) is 34.2. The standard InChI is InChI=1S/C13H15N5O3.C13H13N5O2.H2O3S/c1-7(2)17-12(14)10(13(15)19)11(16-17)8-4-3-5-9(6-8)18(20)21;1-8(2)17-13(14)12(15-3)11(16-17)9-5-4-6-10(7-9)18(19)20;1-4(2)3/h3-7H,14H2,1-2H3,(H2,15,19);4-8H,14H2,1-2H3;(H2,1,2,3)/p-1. The maximum Gasteiger partial charge on any atom is 0.270 e. The predicted molar refractivity (Wildman–Crippen MR) is 165 cm³/mol. The van der Waals surface area contributed by atoms with Gasteiger partial charge >= 0.3 is 0 Å². The van der Waals surface area contributed by atoms with Gasteiger partial charge in [-0.2, -0.15) is 10.2 Å². The van der Waals surface area contributed by atoms with Crippen molar-refractivity contribution in [2.75, 3.05) is 11.5 Å². The Labute approximate surface area is 258 Å². The first kappa shape index (κ1) is 35.5. The molecule has 0 spiro atoms. The van der Waals surface area contributed by atoms with Crippen molar-refractivity contribution in [3.63, 3.8) is 0 Å². The van der Waals surface area contributed by atoms with Gasteiger partial charge in [0.25, 0.3) is 23.0 Å². The fraction of sp³-hybridized carbons (Fsp3) is 0.231. The number of benzene rings is 2. The molecule has 2 aromatic carbocycles. The second-order valence-corrected chi connectivity index (χ2v) is 10.0. The zero-order valence-corrected chi connectivity index (χ0v) is 25.2. The number of amides is 1. The Bertz CT molecular complexity index is 1790. The number of nitro benzene ring substituents is 2. The summed E-state index contributed by atoms with van der Waals surface area (Å²) in [6.45, 7) is 14.7. The van der Waals surface area contributed by atoms with Crippen LogP contribution in [0.4, 0.5) is 28.7 Å². The quantitative estimate of drug-likeness (QED) is 0.0954. The molecular formula is C26H29N10O8S-. The van der Waals surface area contributed by atoms with Crippen LogP contribution in [0.5, 0.6) is 0 Å². The Kier molecular flexibility index (Phi) is 11.9. The first-order valence-electron chi connectivity index (χ1n) is 12.7. The molecule has 4 aromatic rings. The number of carbonyl (C=O) groups is 1. The normalized spacial score (nSPS) is 11.1. The van der Waals surface area contributed by atoms with Gasteiger partial charge in [0.2, 0.25) is 0 Å². The molecule has 0 saturated carbocycles. The third-order valence-corrected chi connectivity index (χ3v) is 5.87. The van der Waals surface area contributed by atoms with Crippen LogP contribution in [0, 0.1) is 26.8 Å². The molecule has 19 heteroatoms. The molecule has 0 fully saturated rings. The van der Waals surface area contributed by atoms with E-state index in [1.54, 1.807) is 22.9 Å². The van der Waals surface area contributed by atoms with Crippen molar-refractivity contribution in [1.82, 2.24) is 19.6 Å². The number of nitrogen functional groups attached to an aromatic ring is 2. The first-order chi connectivity index (χ1) is 21.0. The van der Waals surface area contributed by atoms with Crippen LogP contribution in [0.2, 0.25) is 0 Å². The van der Waals surface area contributed by atoms with Crippen molar-refractivity contribution in [3.05, 3.63) is 85.7 Å². The molecule has 0 aliphatic heterocycles. The van der Waals surface area contributed by atoms with Crippen LogP contribution in [0.3, 0.4) is 0 Å². The molecule has 18 nitrogen and oxygen atoms in total. The Morgan fingerprint density at radius 3 is 1.69 bits per heavy atom. The van der Waals surface area contributed by atoms with Crippen molar-refractivity contribution >= 4 is 46.0 Å². The van der Waals surface area contributed by atoms with Gasteiger partial charge in [0.1, 0.15) is 28.6 Å². The second-order valence-electron chi connectivity index (χ2n) is 9.58. The minimum absolute atomic E-state index is 0.00273. The lowest BCUT2D eigenvalue weighted by Gasteiger charge is -2.07. The van der Waals surface area contributed by atoms with Gasteiger partial charge in [-0.1, -0.05) is 24.3 Å². The second kappa shape index (κ2) is 15.1. The summed E-state index contributed by atoms with van der Waals surface area (Å²) in [6.07, 6.45) is 0. The molecule has 0 radical (unpaired) electrons. The van der Waals surface area contributed by atoms with Gasteiger partial charge in [-0.3, -0.25) is 29.7 Å². The molecule has 2 heterocycles. The average Bonchev–Trinajstić information content (AvgIpc) is 3.50. The van der Waals surface area contributed by atoms with E-state index in [4.69, 9.17) is 37.1 Å². The highest BCUT2D eigenvalue weighted by atomic mass is 32.2. The third kappa shape index (κ3) is 8.66. The molecule has 4 rings (SSSR count). The summed E-state index contributed by atoms with van der Waals surface area (Å²) in [5, 5.41) is 30.2. The van der Waals surface area contributed by atoms with Crippen molar-refractivity contribution in [1.29, 1.82) is 0 Å². The van der Waals surface area contributed by atoms with Crippen LogP contribution in [0.15, 0.2) is 48.5 Å². The monoisotopic (exact) mass is 641 g/mol. The minimum Gasteiger partial charge on any atom is -0.750 e. The van der Waals surface area contributed by atoms with Gasteiger partial charge in [0, 0.05) is 41.9 Å². The number of nitrogens with zero attached hydrogens (tertiary/aromatic N) is 7. The topological polar surface area (TPSA) is 282 Å². The van der Waals surface area contributed by atoms with Crippen LogP contribution in [0.25, 0.3) is 27.4 Å². The number of anilines is 2. The fourth-order valence-electron chi connectivity index (χ4n) is 3.96. The number of hydrogen-bond donors (Lipinski definition) is 4. The summed E-state index contributed by atoms with van der Waals surface area (Å²) in [6, 6.07) is 11.8. The molecule has 2 aromatic heterocycles. The molecule has 45 heavy (non-hydrogen) atoms. The van der Waals surface area contributed by atoms with Gasteiger partial charge in [-0.05, 0) is 33.3 Å². The maximum absolute atomic E-state index is 11.6. The molecule has 0 saturated heterocycles. The summed E-state index contributed by atoms with van der Waals surface area (Å²) in [4.78, 5) is 35.7. The fourth-order valence-corrected chi connectivity index (χ4v) is 3.96. The van der Waals surface area contributed by atoms with Crippen molar-refractivity contribution in [3.8, 4) is 22.5 Å². The molecule has 0 bridgehead atoms. The summed E-state index contributed by atoms with van der Waals surface area (Å²) in [5.41, 5.74) is 18.9. The van der Waals surface area contributed by atoms with E-state index >= 15 is 0 Å². The van der Waals surface area contributed by atoms with Crippen LogP contribution in [-0.4, -0.2) is 48.6 Å². The van der Waals surface area contributed by atoms with E-state index in [9.17, 15) is 25.0 Å². The van der Waals surface area contributed by atoms with Gasteiger partial charge < -0.3 is 26.3 Å². The van der Waals surface area contributed by atoms with E-state index < -0.39 is 27.1 Å². The van der Waals surface area contributed by atoms with Crippen molar-refractivity contribution in [2.24, 2.45) is 5.73 Å². The SMILES string of the molecule is CC(C)n1nc(-c2cccc([N+](=O)[O-])c2)c(C(N)=O)c1N.O=S([O-])O.[C-]#[N+]c1c(-c2cccc([N+](=O)[O-])c2)nn(C(C)C)c1N. The Hall–Kier alpha value is -5.71. The van der Waals surface area contributed by atoms with Crippen molar-refractivity contribution < 1.29 is 28.0 Å². The smallest absolute Gasteiger partial charge is 0.270 e. The molecule has 1 amide bonds. The minimum atomic E-state index is -2.86. The van der Waals surface area contributed by atoms with Crippen LogP contribution < -0.4 is 17.2 Å². The number of nitrogens with two attached hydrogens (primary N) is 3. The molecule has 0 aliphatic carbocycles. The van der Waals surface area contributed by atoms with E-state index in [0.29, 0.717) is 16.8 Å². The lowest BCUT2D eigenvalue weighted by atomic mass is 10.1. The van der Waals surface area contributed by atoms with Gasteiger partial charge in [-0.15, -0.1) is 0 Å². The van der Waals surface area contributed by atoms with Gasteiger partial charge in [0.15, 0.2) is 0 Å². The lowest BCUT2D eigenvalue weighted by molar-refractivity contribution is -0.385. The number of nitro groups is 2. The Morgan fingerprint density at radius 2 is 1.31 bits per heavy atom. The summed E-state index contributed by atoms with van der Waals surface area (Å²) in [5.74, 6) is -0.295. The first-order valence-corrected chi connectivity index (χ1v) is 13.8. The highest BCUT2D eigenvalue weighted by molar-refractivity contribution is 7.73. The highest BCUT2D eigenvalue weighted by Crippen LogP contribution is 2.37. The van der Waals surface area contributed by atoms with Crippen molar-refractivity contribution in [2.45, 2.75) is 39.8 Å². The Morgan fingerprint density at radius 1 is 0.911 bits per heavy atom. The van der Waals surface area contributed by atoms with Gasteiger partial charge in [-0.25, -0.2) is 13.7 Å². The zero-order valence-electron chi connectivity index (χ0n) is 24.3. The Balaban J connectivity index is 0.000000281. The maximum atomic E-state index is 11.6. The average molecular weight is 642 g/mol. The molecule has 1 atom stereocenters. The summed E-state index contributed by atoms with van der Waals surface area (Å²) >= 11 is -2.86. The molecule has 1 unspecified atom stereocenters. The number of non-ortho nitro benzene ring substituents is 2. The molecule has 0 aliphatic rings. The molecule has 7 N–H and O–H groups in total. The van der Waals surface area contributed by atoms with Crippen LogP contribution in [0.1, 0.15) is 50.1 Å². The number of hydrogen-bond acceptors (Lipinski definition) is 11.